The van der Waals surface area contributed by atoms with Crippen LogP contribution in [0.5, 0.6) is 0 Å². The molecule has 4 heteroatoms. The van der Waals surface area contributed by atoms with Crippen molar-refractivity contribution in [2.75, 3.05) is 0 Å². The molecular formula is C14H16ClFN2. The van der Waals surface area contributed by atoms with Gasteiger partial charge in [0.15, 0.2) is 0 Å². The van der Waals surface area contributed by atoms with E-state index in [0.717, 1.165) is 30.1 Å². The number of nitrogens with zero attached hydrogens (tertiary/aromatic N) is 2. The molecule has 1 fully saturated rings. The number of alkyl halides is 1. The average Bonchev–Trinajstić information content (AvgIpc) is 2.63. The molecule has 1 aliphatic rings. The fraction of sp³-hybridized carbons (Fsp3) is 0.500. The van der Waals surface area contributed by atoms with Gasteiger partial charge in [0.1, 0.15) is 11.6 Å². The Labute approximate surface area is 111 Å². The van der Waals surface area contributed by atoms with Crippen molar-refractivity contribution in [2.24, 2.45) is 5.92 Å². The number of hydrogen-bond donors (Lipinski definition) is 0. The molecule has 2 aromatic rings. The van der Waals surface area contributed by atoms with Crippen LogP contribution in [0.3, 0.4) is 0 Å². The summed E-state index contributed by atoms with van der Waals surface area (Å²) in [5, 5.41) is 0. The van der Waals surface area contributed by atoms with Gasteiger partial charge in [-0.25, -0.2) is 9.37 Å². The molecule has 0 saturated heterocycles. The molecule has 0 unspecified atom stereocenters. The first-order valence-corrected chi connectivity index (χ1v) is 6.86. The van der Waals surface area contributed by atoms with E-state index in [1.807, 2.05) is 6.07 Å². The van der Waals surface area contributed by atoms with Crippen LogP contribution in [0.25, 0.3) is 11.0 Å². The molecule has 1 heterocycles. The minimum atomic E-state index is -0.199. The van der Waals surface area contributed by atoms with Crippen LogP contribution in [0.2, 0.25) is 0 Å². The van der Waals surface area contributed by atoms with Gasteiger partial charge in [0.25, 0.3) is 0 Å². The fourth-order valence-corrected chi connectivity index (χ4v) is 3.03. The van der Waals surface area contributed by atoms with Crippen molar-refractivity contribution in [1.82, 2.24) is 9.55 Å². The topological polar surface area (TPSA) is 17.8 Å². The van der Waals surface area contributed by atoms with Crippen LogP contribution in [-0.2, 0) is 5.88 Å². The highest BCUT2D eigenvalue weighted by molar-refractivity contribution is 6.16. The van der Waals surface area contributed by atoms with E-state index in [1.165, 1.54) is 6.07 Å². The predicted molar refractivity (Wildman–Crippen MR) is 71.4 cm³/mol. The summed E-state index contributed by atoms with van der Waals surface area (Å²) in [5.41, 5.74) is 2.40. The Morgan fingerprint density at radius 1 is 1.44 bits per heavy atom. The molecule has 0 radical (unpaired) electrons. The third-order valence-electron chi connectivity index (χ3n) is 3.88. The average molecular weight is 267 g/mol. The third kappa shape index (κ3) is 1.72. The summed E-state index contributed by atoms with van der Waals surface area (Å²) in [5.74, 6) is 1.79. The zero-order valence-corrected chi connectivity index (χ0v) is 11.3. The maximum atomic E-state index is 13.6. The van der Waals surface area contributed by atoms with Crippen LogP contribution in [0.1, 0.15) is 37.2 Å². The number of halogens is 2. The molecule has 3 rings (SSSR count). The van der Waals surface area contributed by atoms with Crippen LogP contribution in [0.15, 0.2) is 12.1 Å². The fourth-order valence-electron chi connectivity index (χ4n) is 2.84. The standard InChI is InChI=1S/C14H16ClFN2/c1-8-3-10(4-8)18-13-5-9(2)11(16)6-12(13)17-14(18)7-15/h5-6,8,10H,3-4,7H2,1-2H3. The molecule has 1 saturated carbocycles. The summed E-state index contributed by atoms with van der Waals surface area (Å²) in [6.07, 6.45) is 2.32. The second kappa shape index (κ2) is 4.23. The molecule has 1 aliphatic carbocycles. The molecular weight excluding hydrogens is 251 g/mol. The molecule has 0 bridgehead atoms. The van der Waals surface area contributed by atoms with Gasteiger partial charge < -0.3 is 4.57 Å². The van der Waals surface area contributed by atoms with Crippen molar-refractivity contribution in [3.63, 3.8) is 0 Å². The molecule has 96 valence electrons. The van der Waals surface area contributed by atoms with Gasteiger partial charge in [0.05, 0.1) is 16.9 Å². The maximum Gasteiger partial charge on any atom is 0.128 e. The Hall–Kier alpha value is -1.09. The number of aromatic nitrogens is 2. The Bertz CT molecular complexity index is 599. The normalized spacial score (nSPS) is 23.3. The number of fused-ring (bicyclic) bond motifs is 1. The minimum Gasteiger partial charge on any atom is -0.324 e. The van der Waals surface area contributed by atoms with Crippen LogP contribution in [-0.4, -0.2) is 9.55 Å². The van der Waals surface area contributed by atoms with Crippen LogP contribution in [0.4, 0.5) is 4.39 Å². The van der Waals surface area contributed by atoms with E-state index in [4.69, 9.17) is 11.6 Å². The smallest absolute Gasteiger partial charge is 0.128 e. The van der Waals surface area contributed by atoms with Crippen molar-refractivity contribution >= 4 is 22.6 Å². The highest BCUT2D eigenvalue weighted by Crippen LogP contribution is 2.40. The predicted octanol–water partition coefficient (Wildman–Crippen LogP) is 4.19. The second-order valence-corrected chi connectivity index (χ2v) is 5.62. The molecule has 1 aromatic heterocycles. The van der Waals surface area contributed by atoms with E-state index in [-0.39, 0.29) is 5.82 Å². The highest BCUT2D eigenvalue weighted by atomic mass is 35.5. The van der Waals surface area contributed by atoms with Gasteiger partial charge >= 0.3 is 0 Å². The first-order chi connectivity index (χ1) is 8.60. The quantitative estimate of drug-likeness (QED) is 0.745. The van der Waals surface area contributed by atoms with Crippen LogP contribution < -0.4 is 0 Å². The van der Waals surface area contributed by atoms with E-state index < -0.39 is 0 Å². The second-order valence-electron chi connectivity index (χ2n) is 5.35. The van der Waals surface area contributed by atoms with Crippen molar-refractivity contribution < 1.29 is 4.39 Å². The summed E-state index contributed by atoms with van der Waals surface area (Å²) in [6, 6.07) is 3.87. The minimum absolute atomic E-state index is 0.199. The summed E-state index contributed by atoms with van der Waals surface area (Å²) >= 11 is 5.97. The molecule has 0 spiro atoms. The molecule has 18 heavy (non-hydrogen) atoms. The molecule has 0 N–H and O–H groups in total. The van der Waals surface area contributed by atoms with Gasteiger partial charge in [-0.1, -0.05) is 6.92 Å². The van der Waals surface area contributed by atoms with Crippen LogP contribution in [0, 0.1) is 18.7 Å². The van der Waals surface area contributed by atoms with Gasteiger partial charge in [-0.15, -0.1) is 11.6 Å². The molecule has 0 amide bonds. The van der Waals surface area contributed by atoms with Gasteiger partial charge in [0.2, 0.25) is 0 Å². The number of benzene rings is 1. The SMILES string of the molecule is Cc1cc2c(cc1F)nc(CCl)n2C1CC(C)C1. The van der Waals surface area contributed by atoms with Gasteiger partial charge in [-0.3, -0.25) is 0 Å². The number of imidazole rings is 1. The zero-order valence-electron chi connectivity index (χ0n) is 10.6. The summed E-state index contributed by atoms with van der Waals surface area (Å²) in [7, 11) is 0. The van der Waals surface area contributed by atoms with Crippen molar-refractivity contribution in [2.45, 2.75) is 38.6 Å². The first kappa shape index (κ1) is 12.0. The lowest BCUT2D eigenvalue weighted by Crippen LogP contribution is -2.25. The lowest BCUT2D eigenvalue weighted by atomic mass is 9.81. The van der Waals surface area contributed by atoms with E-state index in [1.54, 1.807) is 6.92 Å². The maximum absolute atomic E-state index is 13.6. The zero-order chi connectivity index (χ0) is 12.9. The molecule has 0 atom stereocenters. The largest absolute Gasteiger partial charge is 0.324 e. The first-order valence-electron chi connectivity index (χ1n) is 6.33. The Morgan fingerprint density at radius 2 is 2.17 bits per heavy atom. The highest BCUT2D eigenvalue weighted by Gasteiger charge is 2.30. The summed E-state index contributed by atoms with van der Waals surface area (Å²) in [4.78, 5) is 4.45. The lowest BCUT2D eigenvalue weighted by Gasteiger charge is -2.35. The lowest BCUT2D eigenvalue weighted by molar-refractivity contribution is 0.217. The number of rotatable bonds is 2. The monoisotopic (exact) mass is 266 g/mol. The Kier molecular flexibility index (Phi) is 2.81. The molecule has 0 aliphatic heterocycles. The van der Waals surface area contributed by atoms with E-state index in [9.17, 15) is 4.39 Å². The van der Waals surface area contributed by atoms with E-state index in [0.29, 0.717) is 23.0 Å². The number of aryl methyl sites for hydroxylation is 1. The summed E-state index contributed by atoms with van der Waals surface area (Å²) in [6.45, 7) is 4.04. The number of hydrogen-bond acceptors (Lipinski definition) is 1. The third-order valence-corrected chi connectivity index (χ3v) is 4.12. The van der Waals surface area contributed by atoms with Crippen molar-refractivity contribution in [3.05, 3.63) is 29.3 Å². The van der Waals surface area contributed by atoms with Crippen LogP contribution >= 0.6 is 11.6 Å². The Morgan fingerprint density at radius 3 is 2.78 bits per heavy atom. The molecule has 2 nitrogen and oxygen atoms in total. The van der Waals surface area contributed by atoms with Gasteiger partial charge in [-0.05, 0) is 37.3 Å². The van der Waals surface area contributed by atoms with E-state index in [2.05, 4.69) is 16.5 Å². The van der Waals surface area contributed by atoms with Gasteiger partial charge in [0, 0.05) is 12.1 Å². The van der Waals surface area contributed by atoms with Gasteiger partial charge in [-0.2, -0.15) is 0 Å². The van der Waals surface area contributed by atoms with Crippen molar-refractivity contribution in [3.8, 4) is 0 Å². The van der Waals surface area contributed by atoms with E-state index >= 15 is 0 Å². The Balaban J connectivity index is 2.18. The van der Waals surface area contributed by atoms with Crippen molar-refractivity contribution in [1.29, 1.82) is 0 Å². The summed E-state index contributed by atoms with van der Waals surface area (Å²) < 4.78 is 15.8. The molecule has 1 aromatic carbocycles.